The summed E-state index contributed by atoms with van der Waals surface area (Å²) in [6, 6.07) is 0. The van der Waals surface area contributed by atoms with E-state index in [0.717, 1.165) is 5.56 Å². The van der Waals surface area contributed by atoms with Gasteiger partial charge < -0.3 is 11.1 Å². The van der Waals surface area contributed by atoms with Crippen molar-refractivity contribution in [3.63, 3.8) is 0 Å². The van der Waals surface area contributed by atoms with E-state index in [1.165, 1.54) is 17.9 Å². The Kier molecular flexibility index (Phi) is 3.24. The summed E-state index contributed by atoms with van der Waals surface area (Å²) in [5.41, 5.74) is 6.76. The number of hydrogen-bond donors (Lipinski definition) is 2. The van der Waals surface area contributed by atoms with Crippen molar-refractivity contribution in [1.29, 1.82) is 0 Å². The molecular weight excluding hydrogens is 256 g/mol. The van der Waals surface area contributed by atoms with E-state index in [1.54, 1.807) is 17.9 Å². The summed E-state index contributed by atoms with van der Waals surface area (Å²) in [7, 11) is 3.29. The van der Waals surface area contributed by atoms with Crippen LogP contribution in [-0.2, 0) is 20.6 Å². The maximum Gasteiger partial charge on any atom is 0.287 e. The number of nitrogens with two attached hydrogens (primary N) is 1. The zero-order chi connectivity index (χ0) is 13.3. The third-order valence-electron chi connectivity index (χ3n) is 2.61. The molecule has 18 heavy (non-hydrogen) atoms. The Labute approximate surface area is 108 Å². The predicted octanol–water partition coefficient (Wildman–Crippen LogP) is 0.361. The number of nitrogen functional groups attached to an aromatic ring is 1. The first-order valence-electron chi connectivity index (χ1n) is 5.22. The van der Waals surface area contributed by atoms with Gasteiger partial charge in [0.1, 0.15) is 10.8 Å². The lowest BCUT2D eigenvalue weighted by molar-refractivity contribution is 0.708. The Morgan fingerprint density at radius 3 is 2.61 bits per heavy atom. The van der Waals surface area contributed by atoms with Gasteiger partial charge in [-0.05, 0) is 0 Å². The van der Waals surface area contributed by atoms with Crippen LogP contribution in [0, 0.1) is 0 Å². The molecule has 0 radical (unpaired) electrons. The van der Waals surface area contributed by atoms with Crippen molar-refractivity contribution in [2.24, 2.45) is 14.1 Å². The van der Waals surface area contributed by atoms with E-state index in [2.05, 4.69) is 15.5 Å². The van der Waals surface area contributed by atoms with Gasteiger partial charge in [-0.15, -0.1) is 0 Å². The lowest BCUT2D eigenvalue weighted by Crippen LogP contribution is -2.21. The van der Waals surface area contributed by atoms with Crippen LogP contribution in [0.1, 0.15) is 5.56 Å². The van der Waals surface area contributed by atoms with Crippen LogP contribution in [0.15, 0.2) is 17.2 Å². The molecule has 2 aromatic rings. The molecule has 0 unspecified atom stereocenters. The van der Waals surface area contributed by atoms with Gasteiger partial charge in [-0.2, -0.15) is 10.2 Å². The zero-order valence-corrected chi connectivity index (χ0v) is 10.8. The Morgan fingerprint density at radius 2 is 2.00 bits per heavy atom. The first-order valence-corrected chi connectivity index (χ1v) is 5.60. The normalized spacial score (nSPS) is 10.6. The number of aromatic nitrogens is 4. The molecule has 0 bridgehead atoms. The second-order valence-electron chi connectivity index (χ2n) is 3.83. The van der Waals surface area contributed by atoms with Crippen LogP contribution in [0.25, 0.3) is 0 Å². The van der Waals surface area contributed by atoms with Gasteiger partial charge in [-0.1, -0.05) is 11.6 Å². The molecule has 0 atom stereocenters. The van der Waals surface area contributed by atoms with Crippen molar-refractivity contribution < 1.29 is 0 Å². The molecule has 2 rings (SSSR count). The maximum atomic E-state index is 11.6. The van der Waals surface area contributed by atoms with Crippen molar-refractivity contribution in [3.05, 3.63) is 33.3 Å². The highest BCUT2D eigenvalue weighted by atomic mass is 35.5. The molecule has 0 aliphatic rings. The molecule has 0 saturated heterocycles. The zero-order valence-electron chi connectivity index (χ0n) is 10.0. The molecule has 2 aromatic heterocycles. The average Bonchev–Trinajstić information content (AvgIpc) is 2.67. The molecule has 0 aliphatic heterocycles. The summed E-state index contributed by atoms with van der Waals surface area (Å²) >= 11 is 5.92. The van der Waals surface area contributed by atoms with Gasteiger partial charge in [0.2, 0.25) is 0 Å². The van der Waals surface area contributed by atoms with E-state index >= 15 is 0 Å². The van der Waals surface area contributed by atoms with Crippen molar-refractivity contribution in [2.45, 2.75) is 6.54 Å². The molecule has 2 heterocycles. The standard InChI is InChI=1S/C10H13ClN6O/c1-16-9(12)6(4-14-16)3-13-7-5-15-17(2)10(18)8(7)11/h4-5,13H,3,12H2,1-2H3. The largest absolute Gasteiger partial charge is 0.384 e. The van der Waals surface area contributed by atoms with Crippen LogP contribution < -0.4 is 16.6 Å². The molecule has 3 N–H and O–H groups in total. The number of anilines is 2. The van der Waals surface area contributed by atoms with E-state index in [4.69, 9.17) is 17.3 Å². The highest BCUT2D eigenvalue weighted by Crippen LogP contribution is 2.17. The summed E-state index contributed by atoms with van der Waals surface area (Å²) in [6.07, 6.45) is 3.15. The molecular formula is C10H13ClN6O. The third-order valence-corrected chi connectivity index (χ3v) is 2.98. The minimum absolute atomic E-state index is 0.106. The molecule has 0 aromatic carbocycles. The quantitative estimate of drug-likeness (QED) is 0.839. The summed E-state index contributed by atoms with van der Waals surface area (Å²) in [6.45, 7) is 0.425. The minimum Gasteiger partial charge on any atom is -0.384 e. The van der Waals surface area contributed by atoms with Gasteiger partial charge in [0, 0.05) is 26.2 Å². The summed E-state index contributed by atoms with van der Waals surface area (Å²) in [4.78, 5) is 11.6. The molecule has 0 spiro atoms. The average molecular weight is 269 g/mol. The number of aryl methyl sites for hydroxylation is 2. The summed E-state index contributed by atoms with van der Waals surface area (Å²) in [5.74, 6) is 0.565. The van der Waals surface area contributed by atoms with E-state index < -0.39 is 0 Å². The molecule has 8 heteroatoms. The van der Waals surface area contributed by atoms with Crippen molar-refractivity contribution in [3.8, 4) is 0 Å². The highest BCUT2D eigenvalue weighted by molar-refractivity contribution is 6.32. The highest BCUT2D eigenvalue weighted by Gasteiger charge is 2.09. The Morgan fingerprint density at radius 1 is 1.33 bits per heavy atom. The van der Waals surface area contributed by atoms with Crippen LogP contribution in [-0.4, -0.2) is 19.6 Å². The van der Waals surface area contributed by atoms with Gasteiger partial charge in [-0.3, -0.25) is 9.48 Å². The van der Waals surface area contributed by atoms with Gasteiger partial charge >= 0.3 is 0 Å². The third kappa shape index (κ3) is 2.17. The number of hydrogen-bond acceptors (Lipinski definition) is 5. The molecule has 96 valence electrons. The first-order chi connectivity index (χ1) is 8.50. The molecule has 7 nitrogen and oxygen atoms in total. The Hall–Kier alpha value is -2.02. The number of nitrogens with one attached hydrogen (secondary N) is 1. The lowest BCUT2D eigenvalue weighted by atomic mass is 10.3. The lowest BCUT2D eigenvalue weighted by Gasteiger charge is -2.07. The van der Waals surface area contributed by atoms with Gasteiger partial charge in [0.05, 0.1) is 18.1 Å². The fourth-order valence-electron chi connectivity index (χ4n) is 1.45. The van der Waals surface area contributed by atoms with Gasteiger partial charge in [0.15, 0.2) is 0 Å². The summed E-state index contributed by atoms with van der Waals surface area (Å²) in [5, 5.41) is 11.0. The Bertz CT molecular complexity index is 632. The van der Waals surface area contributed by atoms with Crippen molar-refractivity contribution >= 4 is 23.1 Å². The fourth-order valence-corrected chi connectivity index (χ4v) is 1.69. The second-order valence-corrected chi connectivity index (χ2v) is 4.21. The van der Waals surface area contributed by atoms with Crippen LogP contribution in [0.2, 0.25) is 5.02 Å². The summed E-state index contributed by atoms with van der Waals surface area (Å²) < 4.78 is 2.74. The predicted molar refractivity (Wildman–Crippen MR) is 69.4 cm³/mol. The van der Waals surface area contributed by atoms with Crippen LogP contribution in [0.3, 0.4) is 0 Å². The first kappa shape index (κ1) is 12.4. The van der Waals surface area contributed by atoms with Crippen molar-refractivity contribution in [2.75, 3.05) is 11.1 Å². The number of rotatable bonds is 3. The van der Waals surface area contributed by atoms with Crippen molar-refractivity contribution in [1.82, 2.24) is 19.6 Å². The molecule has 0 saturated carbocycles. The van der Waals surface area contributed by atoms with E-state index in [1.807, 2.05) is 0 Å². The number of nitrogens with zero attached hydrogens (tertiary/aromatic N) is 4. The SMILES string of the molecule is Cn1ncc(CNc2cnn(C)c(=O)c2Cl)c1N. The molecule has 0 amide bonds. The maximum absolute atomic E-state index is 11.6. The van der Waals surface area contributed by atoms with Crippen LogP contribution in [0.4, 0.5) is 11.5 Å². The van der Waals surface area contributed by atoms with Crippen LogP contribution in [0.5, 0.6) is 0 Å². The molecule has 0 aliphatic carbocycles. The molecule has 0 fully saturated rings. The van der Waals surface area contributed by atoms with E-state index in [9.17, 15) is 4.79 Å². The Balaban J connectivity index is 2.19. The minimum atomic E-state index is -0.346. The second kappa shape index (κ2) is 4.69. The smallest absolute Gasteiger partial charge is 0.287 e. The monoisotopic (exact) mass is 268 g/mol. The van der Waals surface area contributed by atoms with E-state index in [0.29, 0.717) is 18.1 Å². The number of halogens is 1. The van der Waals surface area contributed by atoms with Gasteiger partial charge in [0.25, 0.3) is 5.56 Å². The van der Waals surface area contributed by atoms with E-state index in [-0.39, 0.29) is 10.6 Å². The fraction of sp³-hybridized carbons (Fsp3) is 0.300. The topological polar surface area (TPSA) is 90.8 Å². The van der Waals surface area contributed by atoms with Gasteiger partial charge in [-0.25, -0.2) is 4.68 Å². The van der Waals surface area contributed by atoms with Crippen LogP contribution >= 0.6 is 11.6 Å².